The molecular weight excluding hydrogens is 553 g/mol. The van der Waals surface area contributed by atoms with Crippen molar-refractivity contribution in [2.75, 3.05) is 11.9 Å². The zero-order valence-corrected chi connectivity index (χ0v) is 27.4. The second kappa shape index (κ2) is 16.5. The molecule has 42 heavy (non-hydrogen) atoms. The molecule has 3 unspecified atom stereocenters. The normalized spacial score (nSPS) is 13.5. The van der Waals surface area contributed by atoms with E-state index in [2.05, 4.69) is 55.2 Å². The van der Waals surface area contributed by atoms with Crippen LogP contribution in [-0.4, -0.2) is 45.1 Å². The summed E-state index contributed by atoms with van der Waals surface area (Å²) in [5.74, 6) is 0.00644. The summed E-state index contributed by atoms with van der Waals surface area (Å²) in [5.41, 5.74) is 2.09. The number of aromatic nitrogens is 3. The Balaban J connectivity index is 0.000000435. The fourth-order valence-electron chi connectivity index (χ4n) is 4.03. The van der Waals surface area contributed by atoms with E-state index in [0.717, 1.165) is 29.4 Å². The highest BCUT2D eigenvalue weighted by Crippen LogP contribution is 2.31. The Kier molecular flexibility index (Phi) is 13.8. The number of pyridine rings is 1. The van der Waals surface area contributed by atoms with Gasteiger partial charge in [-0.05, 0) is 78.5 Å². The third-order valence-corrected chi connectivity index (χ3v) is 7.74. The first-order valence-corrected chi connectivity index (χ1v) is 15.5. The van der Waals surface area contributed by atoms with Crippen LogP contribution in [0.4, 0.5) is 9.52 Å². The van der Waals surface area contributed by atoms with Gasteiger partial charge in [0.25, 0.3) is 5.91 Å². The number of amides is 2. The molecule has 8 nitrogen and oxygen atoms in total. The molecule has 0 spiro atoms. The number of nitrogens with zero attached hydrogens (tertiary/aromatic N) is 3. The molecule has 2 amide bonds. The molecule has 0 fully saturated rings. The predicted molar refractivity (Wildman–Crippen MR) is 170 cm³/mol. The van der Waals surface area contributed by atoms with Crippen LogP contribution in [0.1, 0.15) is 95.6 Å². The molecule has 0 radical (unpaired) electrons. The lowest BCUT2D eigenvalue weighted by molar-refractivity contribution is -0.115. The van der Waals surface area contributed by atoms with Gasteiger partial charge in [-0.25, -0.2) is 9.37 Å². The number of halogens is 1. The summed E-state index contributed by atoms with van der Waals surface area (Å²) >= 11 is 1.05. The van der Waals surface area contributed by atoms with Crippen LogP contribution in [0.5, 0.6) is 0 Å². The van der Waals surface area contributed by atoms with Crippen molar-refractivity contribution in [3.8, 4) is 11.4 Å². The second-order valence-electron chi connectivity index (χ2n) is 11.7. The van der Waals surface area contributed by atoms with Gasteiger partial charge in [-0.1, -0.05) is 44.6 Å². The van der Waals surface area contributed by atoms with Gasteiger partial charge in [-0.3, -0.25) is 14.6 Å². The Morgan fingerprint density at radius 3 is 2.36 bits per heavy atom. The molecule has 0 aliphatic rings. The van der Waals surface area contributed by atoms with E-state index in [-0.39, 0.29) is 23.1 Å². The lowest BCUT2D eigenvalue weighted by atomic mass is 10.0. The molecule has 232 valence electrons. The second-order valence-corrected chi connectivity index (χ2v) is 12.8. The van der Waals surface area contributed by atoms with Crippen LogP contribution < -0.4 is 10.6 Å². The molecule has 3 atom stereocenters. The lowest BCUT2D eigenvalue weighted by Crippen LogP contribution is -2.32. The Morgan fingerprint density at radius 2 is 1.79 bits per heavy atom. The maximum Gasteiger partial charge on any atom is 0.253 e. The van der Waals surface area contributed by atoms with Crippen molar-refractivity contribution in [1.82, 2.24) is 19.9 Å². The molecule has 3 rings (SSSR count). The fraction of sp³-hybridized carbons (Fsp3) is 0.562. The zero-order valence-electron chi connectivity index (χ0n) is 26.6. The van der Waals surface area contributed by atoms with Gasteiger partial charge in [-0.2, -0.15) is 0 Å². The minimum atomic E-state index is -0.708. The molecule has 10 heteroatoms. The van der Waals surface area contributed by atoms with Crippen LogP contribution in [0.3, 0.4) is 0 Å². The van der Waals surface area contributed by atoms with Crippen LogP contribution in [0, 0.1) is 12.8 Å². The largest absolute Gasteiger partial charge is 0.376 e. The van der Waals surface area contributed by atoms with Crippen LogP contribution in [0.2, 0.25) is 0 Å². The predicted octanol–water partition coefficient (Wildman–Crippen LogP) is 7.53. The number of aryl methyl sites for hydroxylation is 1. The van der Waals surface area contributed by atoms with Crippen molar-refractivity contribution >= 4 is 28.3 Å². The highest BCUT2D eigenvalue weighted by molar-refractivity contribution is 7.16. The maximum atomic E-state index is 13.4. The number of carbonyl (C=O) groups is 2. The van der Waals surface area contributed by atoms with E-state index in [1.54, 1.807) is 18.3 Å². The number of carbonyl (C=O) groups excluding carboxylic acids is 2. The Morgan fingerprint density at radius 1 is 1.07 bits per heavy atom. The first kappa shape index (κ1) is 35.1. The van der Waals surface area contributed by atoms with Gasteiger partial charge < -0.3 is 19.9 Å². The van der Waals surface area contributed by atoms with Crippen LogP contribution in [-0.2, 0) is 21.7 Å². The molecule has 0 bridgehead atoms. The third-order valence-electron chi connectivity index (χ3n) is 6.81. The zero-order chi connectivity index (χ0) is 31.4. The van der Waals surface area contributed by atoms with Crippen LogP contribution in [0.25, 0.3) is 11.4 Å². The smallest absolute Gasteiger partial charge is 0.253 e. The van der Waals surface area contributed by atoms with Crippen molar-refractivity contribution in [3.63, 3.8) is 0 Å². The van der Waals surface area contributed by atoms with E-state index in [0.29, 0.717) is 34.0 Å². The molecule has 0 aromatic carbocycles. The number of hydrogen-bond acceptors (Lipinski definition) is 6. The van der Waals surface area contributed by atoms with E-state index in [9.17, 15) is 14.0 Å². The topological polar surface area (TPSA) is 98.1 Å². The van der Waals surface area contributed by atoms with E-state index < -0.39 is 12.6 Å². The monoisotopic (exact) mass is 601 g/mol. The summed E-state index contributed by atoms with van der Waals surface area (Å²) in [4.78, 5) is 33.6. The van der Waals surface area contributed by atoms with Crippen molar-refractivity contribution in [1.29, 1.82) is 0 Å². The highest BCUT2D eigenvalue weighted by Gasteiger charge is 2.18. The number of rotatable bonds is 12. The number of alkyl halides is 1. The number of hydrogen-bond donors (Lipinski definition) is 2. The minimum absolute atomic E-state index is 0.140. The van der Waals surface area contributed by atoms with Crippen molar-refractivity contribution in [3.05, 3.63) is 52.8 Å². The Bertz CT molecular complexity index is 1270. The van der Waals surface area contributed by atoms with E-state index >= 15 is 0 Å². The first-order chi connectivity index (χ1) is 19.8. The molecule has 3 aromatic rings. The highest BCUT2D eigenvalue weighted by atomic mass is 32.1. The number of anilines is 1. The molecule has 0 aliphatic heterocycles. The van der Waals surface area contributed by atoms with Gasteiger partial charge in [0.2, 0.25) is 5.91 Å². The molecule has 0 aliphatic carbocycles. The Labute approximate surface area is 254 Å². The summed E-state index contributed by atoms with van der Waals surface area (Å²) in [7, 11) is 0. The molecule has 3 heterocycles. The number of nitrogens with one attached hydrogen (secondary N) is 2. The van der Waals surface area contributed by atoms with Gasteiger partial charge in [0.05, 0.1) is 34.9 Å². The quantitative estimate of drug-likeness (QED) is 0.224. The van der Waals surface area contributed by atoms with E-state index in [4.69, 9.17) is 4.74 Å². The van der Waals surface area contributed by atoms with Crippen LogP contribution in [0.15, 0.2) is 36.7 Å². The molecule has 0 saturated carbocycles. The van der Waals surface area contributed by atoms with Gasteiger partial charge in [0.15, 0.2) is 5.13 Å². The van der Waals surface area contributed by atoms with Gasteiger partial charge in [0.1, 0.15) is 12.4 Å². The summed E-state index contributed by atoms with van der Waals surface area (Å²) in [5, 5.41) is 5.46. The van der Waals surface area contributed by atoms with Gasteiger partial charge in [0, 0.05) is 23.6 Å². The first-order valence-electron chi connectivity index (χ1n) is 14.7. The molecule has 0 saturated heterocycles. The van der Waals surface area contributed by atoms with E-state index in [1.165, 1.54) is 12.8 Å². The van der Waals surface area contributed by atoms with Crippen molar-refractivity contribution < 1.29 is 18.7 Å². The fourth-order valence-corrected chi connectivity index (χ4v) is 4.86. The lowest BCUT2D eigenvalue weighted by Gasteiger charge is -2.20. The van der Waals surface area contributed by atoms with E-state index in [1.807, 2.05) is 50.6 Å². The minimum Gasteiger partial charge on any atom is -0.376 e. The average Bonchev–Trinajstić information content (AvgIpc) is 3.60. The van der Waals surface area contributed by atoms with Gasteiger partial charge >= 0.3 is 0 Å². The summed E-state index contributed by atoms with van der Waals surface area (Å²) < 4.78 is 21.1. The third kappa shape index (κ3) is 11.3. The molecular formula is C32H48FN5O3S. The summed E-state index contributed by atoms with van der Waals surface area (Å²) in [6.07, 6.45) is 7.98. The van der Waals surface area contributed by atoms with Gasteiger partial charge in [-0.15, -0.1) is 0 Å². The summed E-state index contributed by atoms with van der Waals surface area (Å²) in [6.45, 7) is 18.0. The average molecular weight is 602 g/mol. The maximum absolute atomic E-state index is 13.4. The van der Waals surface area contributed by atoms with Crippen LogP contribution >= 0.6 is 11.3 Å². The molecule has 3 aromatic heterocycles. The number of ether oxygens (including phenoxy) is 1. The molecule has 2 N–H and O–H groups in total. The standard InChI is InChI=1S/C21H24FN5O2S.C11H24O/c1-13-6-5-7-15(24-13)18-16(10-22)30-20(26-18)25-17(28)11-23-19(29)14-8-9-27(12-14)21(2,3)4;1-6-9(3)8-11(5)12-10(4)7-2/h5-9,12H,10-11H2,1-4H3,(H,23,29)(H,25,26,28);9-11H,6-8H2,1-5H3. The SMILES string of the molecule is CCC(C)CC(C)OC(C)CC.Cc1cccc(-c2nc(NC(=O)CNC(=O)c3ccn(C(C)(C)C)c3)sc2CF)n1. The Hall–Kier alpha value is -3.11. The summed E-state index contributed by atoms with van der Waals surface area (Å²) in [6, 6.07) is 7.11. The van der Waals surface area contributed by atoms with Crippen molar-refractivity contribution in [2.24, 2.45) is 5.92 Å². The van der Waals surface area contributed by atoms with Crippen molar-refractivity contribution in [2.45, 2.75) is 106 Å². The number of thiazole rings is 1.